The minimum absolute atomic E-state index is 0.0668. The van der Waals surface area contributed by atoms with Gasteiger partial charge in [0.1, 0.15) is 12.7 Å². The molecule has 0 radical (unpaired) electrons. The number of aromatic nitrogens is 3. The first-order valence-electron chi connectivity index (χ1n) is 24.0. The zero-order valence-corrected chi connectivity index (χ0v) is 38.8. The van der Waals surface area contributed by atoms with Gasteiger partial charge in [-0.2, -0.15) is 0 Å². The molecule has 1 aromatic heterocycles. The summed E-state index contributed by atoms with van der Waals surface area (Å²) in [5.74, 6) is 1.80. The summed E-state index contributed by atoms with van der Waals surface area (Å²) in [6, 6.07) is 16.0. The highest BCUT2D eigenvalue weighted by molar-refractivity contribution is 5.75. The van der Waals surface area contributed by atoms with Gasteiger partial charge < -0.3 is 24.4 Å². The van der Waals surface area contributed by atoms with Crippen molar-refractivity contribution >= 4 is 0 Å². The van der Waals surface area contributed by atoms with Gasteiger partial charge in [0.05, 0.1) is 18.8 Å². The zero-order chi connectivity index (χ0) is 43.7. The molecule has 0 bridgehead atoms. The van der Waals surface area contributed by atoms with Crippen molar-refractivity contribution in [1.82, 2.24) is 15.0 Å². The minimum Gasteiger partial charge on any atom is -0.504 e. The summed E-state index contributed by atoms with van der Waals surface area (Å²) >= 11 is 0. The van der Waals surface area contributed by atoms with Gasteiger partial charge in [-0.25, -0.2) is 15.0 Å². The van der Waals surface area contributed by atoms with E-state index in [1.807, 2.05) is 18.2 Å². The highest BCUT2D eigenvalue weighted by atomic mass is 16.5. The van der Waals surface area contributed by atoms with Gasteiger partial charge in [-0.3, -0.25) is 0 Å². The van der Waals surface area contributed by atoms with E-state index < -0.39 is 6.10 Å². The van der Waals surface area contributed by atoms with Crippen molar-refractivity contribution in [3.63, 3.8) is 0 Å². The van der Waals surface area contributed by atoms with E-state index in [0.717, 1.165) is 59.1 Å². The van der Waals surface area contributed by atoms with Crippen molar-refractivity contribution < 1.29 is 24.4 Å². The van der Waals surface area contributed by atoms with Crippen LogP contribution in [0, 0.1) is 27.7 Å². The minimum atomic E-state index is -0.880. The van der Waals surface area contributed by atoms with E-state index in [4.69, 9.17) is 29.2 Å². The monoisotopic (exact) mass is 838 g/mol. The molecular weight excluding hydrogens is 759 g/mol. The zero-order valence-electron chi connectivity index (χ0n) is 38.8. The number of aromatic hydroxyl groups is 1. The van der Waals surface area contributed by atoms with Crippen LogP contribution < -0.4 is 9.47 Å². The van der Waals surface area contributed by atoms with Gasteiger partial charge in [0.2, 0.25) is 5.75 Å². The fourth-order valence-electron chi connectivity index (χ4n) is 7.94. The molecule has 1 atom stereocenters. The summed E-state index contributed by atoms with van der Waals surface area (Å²) in [6.45, 7) is 14.0. The van der Waals surface area contributed by atoms with E-state index in [2.05, 4.69) is 65.8 Å². The lowest BCUT2D eigenvalue weighted by atomic mass is 10.0. The van der Waals surface area contributed by atoms with E-state index in [-0.39, 0.29) is 24.7 Å². The molecule has 0 fully saturated rings. The lowest BCUT2D eigenvalue weighted by Crippen LogP contribution is -2.24. The SMILES string of the molecule is CCCCCCCCCCCCCOCC(O)COc1c(OCCCCCCCCCCCC)ccc(-c2nc(-c3ccc(C)cc3C)nc(-c3ccc(C)cc3C)n2)c1O. The number of aryl methyl sites for hydroxylation is 4. The van der Waals surface area contributed by atoms with Crippen LogP contribution in [0.15, 0.2) is 48.5 Å². The normalized spacial score (nSPS) is 11.9. The lowest BCUT2D eigenvalue weighted by molar-refractivity contribution is 0.00995. The molecule has 0 amide bonds. The summed E-state index contributed by atoms with van der Waals surface area (Å²) in [4.78, 5) is 14.9. The number of phenolic OH excluding ortho intramolecular Hbond substituents is 1. The molecule has 61 heavy (non-hydrogen) atoms. The molecule has 8 heteroatoms. The Labute approximate surface area is 369 Å². The third-order valence-electron chi connectivity index (χ3n) is 11.6. The van der Waals surface area contributed by atoms with Crippen LogP contribution in [0.25, 0.3) is 34.2 Å². The number of rotatable bonds is 32. The number of ether oxygens (including phenoxy) is 3. The maximum Gasteiger partial charge on any atom is 0.204 e. The third kappa shape index (κ3) is 17.7. The predicted molar refractivity (Wildman–Crippen MR) is 253 cm³/mol. The van der Waals surface area contributed by atoms with Crippen LogP contribution in [0.5, 0.6) is 17.2 Å². The molecule has 0 spiro atoms. The lowest BCUT2D eigenvalue weighted by Gasteiger charge is -2.19. The second-order valence-electron chi connectivity index (χ2n) is 17.3. The number of hydrogen-bond donors (Lipinski definition) is 2. The average Bonchev–Trinajstić information content (AvgIpc) is 3.24. The van der Waals surface area contributed by atoms with Gasteiger partial charge in [0.15, 0.2) is 29.0 Å². The van der Waals surface area contributed by atoms with E-state index in [9.17, 15) is 10.2 Å². The number of aliphatic hydroxyl groups excluding tert-OH is 1. The van der Waals surface area contributed by atoms with Crippen LogP contribution in [0.1, 0.15) is 171 Å². The van der Waals surface area contributed by atoms with Crippen molar-refractivity contribution in [2.45, 2.75) is 182 Å². The number of aliphatic hydroxyl groups is 1. The van der Waals surface area contributed by atoms with Gasteiger partial charge in [0.25, 0.3) is 0 Å². The number of hydrogen-bond acceptors (Lipinski definition) is 8. The molecule has 0 saturated carbocycles. The summed E-state index contributed by atoms with van der Waals surface area (Å²) in [5.41, 5.74) is 6.58. The van der Waals surface area contributed by atoms with Crippen molar-refractivity contribution in [2.75, 3.05) is 26.4 Å². The molecule has 0 saturated heterocycles. The number of nitrogens with zero attached hydrogens (tertiary/aromatic N) is 3. The van der Waals surface area contributed by atoms with Gasteiger partial charge >= 0.3 is 0 Å². The summed E-state index contributed by atoms with van der Waals surface area (Å²) in [5, 5.41) is 22.9. The first kappa shape index (κ1) is 49.6. The Kier molecular flexibility index (Phi) is 23.2. The number of unbranched alkanes of at least 4 members (excludes halogenated alkanes) is 19. The Morgan fingerprint density at radius 3 is 1.34 bits per heavy atom. The molecule has 1 heterocycles. The molecule has 0 aliphatic rings. The largest absolute Gasteiger partial charge is 0.504 e. The van der Waals surface area contributed by atoms with Crippen molar-refractivity contribution in [3.8, 4) is 51.4 Å². The van der Waals surface area contributed by atoms with Crippen LogP contribution in [0.3, 0.4) is 0 Å². The summed E-state index contributed by atoms with van der Waals surface area (Å²) in [6.07, 6.45) is 25.5. The highest BCUT2D eigenvalue weighted by Gasteiger charge is 2.23. The van der Waals surface area contributed by atoms with E-state index >= 15 is 0 Å². The molecule has 4 aromatic rings. The molecule has 8 nitrogen and oxygen atoms in total. The molecule has 336 valence electrons. The van der Waals surface area contributed by atoms with Gasteiger partial charge in [0, 0.05) is 17.7 Å². The van der Waals surface area contributed by atoms with Crippen LogP contribution in [-0.4, -0.2) is 57.7 Å². The van der Waals surface area contributed by atoms with Crippen molar-refractivity contribution in [3.05, 3.63) is 70.8 Å². The maximum atomic E-state index is 12.0. The third-order valence-corrected chi connectivity index (χ3v) is 11.6. The smallest absolute Gasteiger partial charge is 0.204 e. The first-order chi connectivity index (χ1) is 29.7. The quantitative estimate of drug-likeness (QED) is 0.0468. The first-order valence-corrected chi connectivity index (χ1v) is 24.0. The van der Waals surface area contributed by atoms with E-state index in [1.165, 1.54) is 109 Å². The van der Waals surface area contributed by atoms with Gasteiger partial charge in [-0.05, 0) is 63.8 Å². The Morgan fingerprint density at radius 1 is 0.475 bits per heavy atom. The van der Waals surface area contributed by atoms with E-state index in [0.29, 0.717) is 42.0 Å². The average molecular weight is 838 g/mol. The standard InChI is InChI=1S/C53H79N3O5/c1-7-9-11-13-15-17-19-20-22-24-26-34-59-38-44(57)39-61-50-48(60-35-27-25-23-21-18-16-14-12-10-8-2)33-32-47(49(50)58)53-55-51(45-30-28-40(3)36-42(45)5)54-52(56-53)46-31-29-41(4)37-43(46)6/h28-33,36-37,44,57-58H,7-27,34-35,38-39H2,1-6H3. The molecule has 4 rings (SSSR count). The van der Waals surface area contributed by atoms with Crippen LogP contribution >= 0.6 is 0 Å². The molecule has 3 aromatic carbocycles. The van der Waals surface area contributed by atoms with Crippen molar-refractivity contribution in [2.24, 2.45) is 0 Å². The molecule has 0 aliphatic carbocycles. The molecule has 2 N–H and O–H groups in total. The fourth-order valence-corrected chi connectivity index (χ4v) is 7.94. The van der Waals surface area contributed by atoms with E-state index in [1.54, 1.807) is 6.07 Å². The number of benzene rings is 3. The maximum absolute atomic E-state index is 12.0. The Morgan fingerprint density at radius 2 is 0.885 bits per heavy atom. The number of phenols is 1. The Balaban J connectivity index is 1.45. The van der Waals surface area contributed by atoms with Crippen LogP contribution in [0.4, 0.5) is 0 Å². The molecule has 1 unspecified atom stereocenters. The summed E-state index contributed by atoms with van der Waals surface area (Å²) < 4.78 is 18.4. The van der Waals surface area contributed by atoms with Crippen LogP contribution in [0.2, 0.25) is 0 Å². The predicted octanol–water partition coefficient (Wildman–Crippen LogP) is 14.2. The second-order valence-corrected chi connectivity index (χ2v) is 17.3. The highest BCUT2D eigenvalue weighted by Crippen LogP contribution is 2.44. The second kappa shape index (κ2) is 28.6. The molecule has 0 aliphatic heterocycles. The van der Waals surface area contributed by atoms with Crippen LogP contribution in [-0.2, 0) is 4.74 Å². The topological polar surface area (TPSA) is 107 Å². The van der Waals surface area contributed by atoms with Crippen molar-refractivity contribution in [1.29, 1.82) is 0 Å². The van der Waals surface area contributed by atoms with Gasteiger partial charge in [-0.1, -0.05) is 183 Å². The Hall–Kier alpha value is -4.01. The summed E-state index contributed by atoms with van der Waals surface area (Å²) in [7, 11) is 0. The molecular formula is C53H79N3O5. The van der Waals surface area contributed by atoms with Gasteiger partial charge in [-0.15, -0.1) is 0 Å². The Bertz CT molecular complexity index is 1780. The fraction of sp³-hybridized carbons (Fsp3) is 0.604.